The molecule has 2 N–H and O–H groups in total. The zero-order valence-corrected chi connectivity index (χ0v) is 29.5. The standard InChI is InChI=1S/C41H45N3O9/c42-36(45)22-13-23-37(43(24-38(46)50-28-32-14-5-1-6-15-32)25-39(47)51-29-33-16-7-2-8-17-33)44(26-40(48)52-30-34-18-9-3-10-19-34)27-41(49)53-31-35-20-11-4-12-21-35/h1-12,14-21,37H,13,22-31H2,(H2,42,45). The molecule has 0 aliphatic heterocycles. The van der Waals surface area contributed by atoms with Crippen LogP contribution in [0.2, 0.25) is 0 Å². The Morgan fingerprint density at radius 2 is 0.717 bits per heavy atom. The second-order valence-electron chi connectivity index (χ2n) is 12.2. The van der Waals surface area contributed by atoms with Gasteiger partial charge in [-0.05, 0) is 35.1 Å². The van der Waals surface area contributed by atoms with E-state index in [1.165, 1.54) is 9.80 Å². The first-order valence-corrected chi connectivity index (χ1v) is 17.3. The molecule has 12 heteroatoms. The molecule has 0 saturated carbocycles. The van der Waals surface area contributed by atoms with E-state index < -0.39 is 62.1 Å². The summed E-state index contributed by atoms with van der Waals surface area (Å²) in [7, 11) is 0. The summed E-state index contributed by atoms with van der Waals surface area (Å²) in [5.74, 6) is -3.22. The van der Waals surface area contributed by atoms with E-state index in [1.54, 1.807) is 0 Å². The molecule has 0 heterocycles. The summed E-state index contributed by atoms with van der Waals surface area (Å²) in [5, 5.41) is 0. The average Bonchev–Trinajstić information content (AvgIpc) is 3.17. The zero-order valence-electron chi connectivity index (χ0n) is 29.5. The molecule has 12 nitrogen and oxygen atoms in total. The van der Waals surface area contributed by atoms with Crippen molar-refractivity contribution in [3.8, 4) is 0 Å². The minimum absolute atomic E-state index is 0.0142. The fourth-order valence-corrected chi connectivity index (χ4v) is 5.39. The topological polar surface area (TPSA) is 155 Å². The summed E-state index contributed by atoms with van der Waals surface area (Å²) >= 11 is 0. The maximum Gasteiger partial charge on any atom is 0.320 e. The number of esters is 4. The Hall–Kier alpha value is -5.85. The van der Waals surface area contributed by atoms with Gasteiger partial charge in [0.2, 0.25) is 5.91 Å². The molecule has 4 aromatic rings. The van der Waals surface area contributed by atoms with Crippen molar-refractivity contribution in [2.75, 3.05) is 26.2 Å². The number of carbonyl (C=O) groups is 5. The van der Waals surface area contributed by atoms with Crippen LogP contribution in [0.25, 0.3) is 0 Å². The molecule has 0 fully saturated rings. The number of rotatable bonds is 22. The second kappa shape index (κ2) is 22.2. The van der Waals surface area contributed by atoms with Crippen LogP contribution >= 0.6 is 0 Å². The fraction of sp³-hybridized carbons (Fsp3) is 0.293. The monoisotopic (exact) mass is 723 g/mol. The SMILES string of the molecule is NC(=O)CCCC(N(CC(=O)OCc1ccccc1)CC(=O)OCc1ccccc1)N(CC(=O)OCc1ccccc1)CC(=O)OCc1ccccc1. The lowest BCUT2D eigenvalue weighted by Crippen LogP contribution is -2.55. The molecule has 278 valence electrons. The minimum atomic E-state index is -0.948. The number of amides is 1. The summed E-state index contributed by atoms with van der Waals surface area (Å²) in [4.78, 5) is 68.2. The van der Waals surface area contributed by atoms with E-state index in [0.29, 0.717) is 0 Å². The molecule has 0 aliphatic rings. The molecule has 1 amide bonds. The molecule has 4 aromatic carbocycles. The lowest BCUT2D eigenvalue weighted by molar-refractivity contribution is -0.157. The van der Waals surface area contributed by atoms with Crippen molar-refractivity contribution in [3.05, 3.63) is 144 Å². The Bertz CT molecular complexity index is 1490. The van der Waals surface area contributed by atoms with Crippen molar-refractivity contribution in [2.45, 2.75) is 51.9 Å². The maximum atomic E-state index is 13.4. The quantitative estimate of drug-likeness (QED) is 0.0690. The van der Waals surface area contributed by atoms with Gasteiger partial charge in [0.05, 0.1) is 32.3 Å². The number of carbonyl (C=O) groups excluding carboxylic acids is 5. The van der Waals surface area contributed by atoms with Gasteiger partial charge in [-0.1, -0.05) is 121 Å². The normalized spacial score (nSPS) is 10.9. The molecule has 0 spiro atoms. The Morgan fingerprint density at radius 1 is 0.453 bits per heavy atom. The van der Waals surface area contributed by atoms with Gasteiger partial charge in [-0.25, -0.2) is 0 Å². The van der Waals surface area contributed by atoms with Crippen LogP contribution < -0.4 is 5.73 Å². The number of nitrogens with two attached hydrogens (primary N) is 1. The second-order valence-corrected chi connectivity index (χ2v) is 12.2. The van der Waals surface area contributed by atoms with Crippen LogP contribution in [0.15, 0.2) is 121 Å². The van der Waals surface area contributed by atoms with Crippen molar-refractivity contribution in [3.63, 3.8) is 0 Å². The van der Waals surface area contributed by atoms with Crippen LogP contribution in [0.3, 0.4) is 0 Å². The van der Waals surface area contributed by atoms with Crippen molar-refractivity contribution >= 4 is 29.8 Å². The molecule has 4 rings (SSSR count). The van der Waals surface area contributed by atoms with Crippen molar-refractivity contribution in [1.29, 1.82) is 0 Å². The Kier molecular flexibility index (Phi) is 16.7. The highest BCUT2D eigenvalue weighted by atomic mass is 16.5. The minimum Gasteiger partial charge on any atom is -0.460 e. The number of hydrogen-bond acceptors (Lipinski definition) is 11. The fourth-order valence-electron chi connectivity index (χ4n) is 5.39. The maximum absolute atomic E-state index is 13.4. The van der Waals surface area contributed by atoms with Crippen LogP contribution in [-0.4, -0.2) is 71.9 Å². The van der Waals surface area contributed by atoms with E-state index in [9.17, 15) is 24.0 Å². The van der Waals surface area contributed by atoms with Gasteiger partial charge in [0.25, 0.3) is 0 Å². The van der Waals surface area contributed by atoms with E-state index in [4.69, 9.17) is 24.7 Å². The van der Waals surface area contributed by atoms with Gasteiger partial charge in [0.1, 0.15) is 26.4 Å². The predicted molar refractivity (Wildman–Crippen MR) is 195 cm³/mol. The number of benzene rings is 4. The molecule has 0 aromatic heterocycles. The summed E-state index contributed by atoms with van der Waals surface area (Å²) in [5.41, 5.74) is 8.51. The van der Waals surface area contributed by atoms with Crippen LogP contribution in [0, 0.1) is 0 Å². The Morgan fingerprint density at radius 3 is 0.962 bits per heavy atom. The van der Waals surface area contributed by atoms with E-state index in [2.05, 4.69) is 0 Å². The number of hydrogen-bond donors (Lipinski definition) is 1. The van der Waals surface area contributed by atoms with E-state index >= 15 is 0 Å². The molecule has 0 radical (unpaired) electrons. The zero-order chi connectivity index (χ0) is 37.7. The van der Waals surface area contributed by atoms with Crippen molar-refractivity contribution < 1.29 is 42.9 Å². The summed E-state index contributed by atoms with van der Waals surface area (Å²) < 4.78 is 22.3. The molecular weight excluding hydrogens is 678 g/mol. The predicted octanol–water partition coefficient (Wildman–Crippen LogP) is 4.55. The van der Waals surface area contributed by atoms with Crippen LogP contribution in [0.1, 0.15) is 41.5 Å². The first-order chi connectivity index (χ1) is 25.7. The molecule has 0 bridgehead atoms. The van der Waals surface area contributed by atoms with Gasteiger partial charge in [-0.2, -0.15) is 0 Å². The van der Waals surface area contributed by atoms with E-state index in [0.717, 1.165) is 22.3 Å². The van der Waals surface area contributed by atoms with Gasteiger partial charge < -0.3 is 24.7 Å². The third-order valence-corrected chi connectivity index (χ3v) is 8.03. The highest BCUT2D eigenvalue weighted by Gasteiger charge is 2.33. The van der Waals surface area contributed by atoms with Gasteiger partial charge in [-0.3, -0.25) is 33.8 Å². The first kappa shape index (κ1) is 39.9. The lowest BCUT2D eigenvalue weighted by atomic mass is 10.1. The Balaban J connectivity index is 1.59. The molecule has 0 atom stereocenters. The average molecular weight is 724 g/mol. The highest BCUT2D eigenvalue weighted by Crippen LogP contribution is 2.17. The van der Waals surface area contributed by atoms with Gasteiger partial charge in [0, 0.05) is 6.42 Å². The third kappa shape index (κ3) is 15.5. The summed E-state index contributed by atoms with van der Waals surface area (Å²) in [6, 6.07) is 36.4. The number of primary amides is 1. The first-order valence-electron chi connectivity index (χ1n) is 17.3. The molecule has 0 aliphatic carbocycles. The van der Waals surface area contributed by atoms with E-state index in [-0.39, 0.29) is 45.7 Å². The van der Waals surface area contributed by atoms with E-state index in [1.807, 2.05) is 121 Å². The molecule has 0 unspecified atom stereocenters. The number of nitrogens with zero attached hydrogens (tertiary/aromatic N) is 2. The van der Waals surface area contributed by atoms with Gasteiger partial charge in [-0.15, -0.1) is 0 Å². The van der Waals surface area contributed by atoms with Crippen LogP contribution in [0.5, 0.6) is 0 Å². The molecular formula is C41H45N3O9. The molecule has 0 saturated heterocycles. The molecule has 53 heavy (non-hydrogen) atoms. The largest absolute Gasteiger partial charge is 0.460 e. The highest BCUT2D eigenvalue weighted by molar-refractivity contribution is 5.77. The van der Waals surface area contributed by atoms with Gasteiger partial charge >= 0.3 is 23.9 Å². The third-order valence-electron chi connectivity index (χ3n) is 8.03. The van der Waals surface area contributed by atoms with Crippen molar-refractivity contribution in [2.24, 2.45) is 5.73 Å². The summed E-state index contributed by atoms with van der Waals surface area (Å²) in [6.07, 6.45) is -0.634. The number of ether oxygens (including phenoxy) is 4. The smallest absolute Gasteiger partial charge is 0.320 e. The van der Waals surface area contributed by atoms with Crippen LogP contribution in [-0.2, 0) is 69.3 Å². The van der Waals surface area contributed by atoms with Gasteiger partial charge in [0.15, 0.2) is 0 Å². The Labute approximate surface area is 309 Å². The van der Waals surface area contributed by atoms with Crippen molar-refractivity contribution in [1.82, 2.24) is 9.80 Å². The van der Waals surface area contributed by atoms with Crippen LogP contribution in [0.4, 0.5) is 0 Å². The lowest BCUT2D eigenvalue weighted by Gasteiger charge is -2.38. The summed E-state index contributed by atoms with van der Waals surface area (Å²) in [6.45, 7) is -1.71.